The van der Waals surface area contributed by atoms with Crippen LogP contribution in [0.4, 0.5) is 0 Å². The number of amides is 2. The first kappa shape index (κ1) is 20.2. The van der Waals surface area contributed by atoms with Crippen molar-refractivity contribution >= 4 is 11.8 Å². The molecule has 1 N–H and O–H groups in total. The molecule has 2 atom stereocenters. The number of carbonyl (C=O) groups excluding carboxylic acids is 2. The molecular formula is C23H36N2O2. The van der Waals surface area contributed by atoms with E-state index >= 15 is 0 Å². The van der Waals surface area contributed by atoms with Gasteiger partial charge in [-0.2, -0.15) is 0 Å². The lowest BCUT2D eigenvalue weighted by Crippen LogP contribution is -2.53. The first-order chi connectivity index (χ1) is 13.2. The van der Waals surface area contributed by atoms with E-state index < -0.39 is 0 Å². The molecule has 2 saturated carbocycles. The van der Waals surface area contributed by atoms with Crippen molar-refractivity contribution in [1.82, 2.24) is 10.2 Å². The van der Waals surface area contributed by atoms with Crippen LogP contribution in [-0.2, 0) is 9.59 Å². The maximum Gasteiger partial charge on any atom is 0.227 e. The average Bonchev–Trinajstić information content (AvgIpc) is 2.73. The molecule has 2 fully saturated rings. The summed E-state index contributed by atoms with van der Waals surface area (Å²) in [5, 5.41) is 2.92. The van der Waals surface area contributed by atoms with E-state index in [9.17, 15) is 9.59 Å². The van der Waals surface area contributed by atoms with Gasteiger partial charge in [-0.15, -0.1) is 6.58 Å². The molecule has 150 valence electrons. The Balaban J connectivity index is 1.78. The monoisotopic (exact) mass is 372 g/mol. The minimum Gasteiger partial charge on any atom is -0.352 e. The fraction of sp³-hybridized carbons (Fsp3) is 0.739. The zero-order valence-corrected chi connectivity index (χ0v) is 16.7. The van der Waals surface area contributed by atoms with Crippen LogP contribution in [0.2, 0.25) is 0 Å². The molecule has 0 unspecified atom stereocenters. The highest BCUT2D eigenvalue weighted by Gasteiger charge is 2.41. The summed E-state index contributed by atoms with van der Waals surface area (Å²) in [4.78, 5) is 28.7. The molecular weight excluding hydrogens is 336 g/mol. The molecule has 3 rings (SSSR count). The number of allylic oxidation sites excluding steroid dienone is 2. The van der Waals surface area contributed by atoms with Gasteiger partial charge in [-0.3, -0.25) is 9.59 Å². The summed E-state index contributed by atoms with van der Waals surface area (Å²) in [7, 11) is 0. The summed E-state index contributed by atoms with van der Waals surface area (Å²) >= 11 is 0. The van der Waals surface area contributed by atoms with Crippen LogP contribution < -0.4 is 5.32 Å². The molecule has 3 aliphatic rings. The number of carbonyl (C=O) groups is 2. The van der Waals surface area contributed by atoms with E-state index in [1.165, 1.54) is 38.5 Å². The van der Waals surface area contributed by atoms with Crippen LogP contribution in [-0.4, -0.2) is 35.3 Å². The van der Waals surface area contributed by atoms with Crippen LogP contribution in [0.25, 0.3) is 0 Å². The second-order valence-corrected chi connectivity index (χ2v) is 8.52. The fourth-order valence-electron chi connectivity index (χ4n) is 5.25. The van der Waals surface area contributed by atoms with Gasteiger partial charge in [0.05, 0.1) is 11.8 Å². The maximum atomic E-state index is 13.8. The van der Waals surface area contributed by atoms with E-state index in [1.54, 1.807) is 6.08 Å². The topological polar surface area (TPSA) is 49.4 Å². The molecule has 0 aromatic carbocycles. The Labute approximate surface area is 164 Å². The first-order valence-electron chi connectivity index (χ1n) is 11.1. The van der Waals surface area contributed by atoms with Crippen LogP contribution in [0.1, 0.15) is 77.0 Å². The molecule has 27 heavy (non-hydrogen) atoms. The van der Waals surface area contributed by atoms with Gasteiger partial charge in [-0.1, -0.05) is 56.8 Å². The predicted octanol–water partition coefficient (Wildman–Crippen LogP) is 4.37. The Kier molecular flexibility index (Phi) is 7.54. The summed E-state index contributed by atoms with van der Waals surface area (Å²) in [6, 6.07) is 0.772. The third kappa shape index (κ3) is 5.03. The highest BCUT2D eigenvalue weighted by Crippen LogP contribution is 2.35. The van der Waals surface area contributed by atoms with Gasteiger partial charge in [-0.05, 0) is 38.5 Å². The second-order valence-electron chi connectivity index (χ2n) is 8.52. The highest BCUT2D eigenvalue weighted by atomic mass is 16.2. The lowest BCUT2D eigenvalue weighted by atomic mass is 9.79. The minimum absolute atomic E-state index is 0.00448. The molecule has 2 amide bonds. The van der Waals surface area contributed by atoms with Gasteiger partial charge < -0.3 is 10.2 Å². The van der Waals surface area contributed by atoms with E-state index in [1.807, 2.05) is 0 Å². The number of nitrogens with one attached hydrogen (secondary N) is 1. The van der Waals surface area contributed by atoms with Gasteiger partial charge in [0, 0.05) is 18.6 Å². The summed E-state index contributed by atoms with van der Waals surface area (Å²) in [5.74, 6) is -0.192. The van der Waals surface area contributed by atoms with Gasteiger partial charge >= 0.3 is 0 Å². The zero-order valence-electron chi connectivity index (χ0n) is 16.7. The van der Waals surface area contributed by atoms with Gasteiger partial charge in [-0.25, -0.2) is 0 Å². The number of hydrogen-bond donors (Lipinski definition) is 1. The molecule has 0 aromatic rings. The van der Waals surface area contributed by atoms with Gasteiger partial charge in [0.2, 0.25) is 11.8 Å². The molecule has 0 spiro atoms. The standard InChI is InChI=1S/C23H36N2O2/c1-2-17-24-22(26)20-15-9-10-16-21(20)23(27)25(18-11-5-3-6-12-18)19-13-7-4-8-14-19/h2,9-10,18-21H,1,3-8,11-17H2,(H,24,26)/t20-,21-/m0/s1. The Morgan fingerprint density at radius 1 is 0.889 bits per heavy atom. The molecule has 0 saturated heterocycles. The van der Waals surface area contributed by atoms with E-state index in [4.69, 9.17) is 0 Å². The van der Waals surface area contributed by atoms with E-state index in [2.05, 4.69) is 28.9 Å². The van der Waals surface area contributed by atoms with Crippen LogP contribution >= 0.6 is 0 Å². The predicted molar refractivity (Wildman–Crippen MR) is 109 cm³/mol. The molecule has 3 aliphatic carbocycles. The van der Waals surface area contributed by atoms with Crippen molar-refractivity contribution in [3.8, 4) is 0 Å². The quantitative estimate of drug-likeness (QED) is 0.704. The maximum absolute atomic E-state index is 13.8. The largest absolute Gasteiger partial charge is 0.352 e. The van der Waals surface area contributed by atoms with Gasteiger partial charge in [0.1, 0.15) is 0 Å². The third-order valence-electron chi connectivity index (χ3n) is 6.70. The number of nitrogens with zero attached hydrogens (tertiary/aromatic N) is 1. The van der Waals surface area contributed by atoms with Crippen LogP contribution in [0, 0.1) is 11.8 Å². The normalized spacial score (nSPS) is 27.1. The zero-order chi connectivity index (χ0) is 19.1. The lowest BCUT2D eigenvalue weighted by molar-refractivity contribution is -0.147. The SMILES string of the molecule is C=CCNC(=O)[C@H]1CC=CC[C@@H]1C(=O)N(C1CCCCC1)C1CCCCC1. The summed E-state index contributed by atoms with van der Waals surface area (Å²) in [6.45, 7) is 4.15. The minimum atomic E-state index is -0.239. The molecule has 4 nitrogen and oxygen atoms in total. The van der Waals surface area contributed by atoms with E-state index in [0.29, 0.717) is 31.5 Å². The first-order valence-corrected chi connectivity index (χ1v) is 11.1. The molecule has 0 bridgehead atoms. The Morgan fingerprint density at radius 3 is 1.93 bits per heavy atom. The molecule has 4 heteroatoms. The summed E-state index contributed by atoms with van der Waals surface area (Å²) in [5.41, 5.74) is 0. The lowest BCUT2D eigenvalue weighted by Gasteiger charge is -2.44. The summed E-state index contributed by atoms with van der Waals surface area (Å²) in [6.07, 6.45) is 19.3. The van der Waals surface area contributed by atoms with Gasteiger partial charge in [0.15, 0.2) is 0 Å². The molecule has 0 heterocycles. The van der Waals surface area contributed by atoms with E-state index in [-0.39, 0.29) is 23.7 Å². The average molecular weight is 373 g/mol. The fourth-order valence-corrected chi connectivity index (χ4v) is 5.25. The Hall–Kier alpha value is -1.58. The van der Waals surface area contributed by atoms with Crippen molar-refractivity contribution < 1.29 is 9.59 Å². The summed E-state index contributed by atoms with van der Waals surface area (Å²) < 4.78 is 0. The van der Waals surface area contributed by atoms with Crippen molar-refractivity contribution in [2.24, 2.45) is 11.8 Å². The van der Waals surface area contributed by atoms with E-state index in [0.717, 1.165) is 25.7 Å². The van der Waals surface area contributed by atoms with Crippen molar-refractivity contribution in [3.05, 3.63) is 24.8 Å². The van der Waals surface area contributed by atoms with Crippen molar-refractivity contribution in [2.75, 3.05) is 6.54 Å². The highest BCUT2D eigenvalue weighted by molar-refractivity contribution is 5.88. The Morgan fingerprint density at radius 2 is 1.41 bits per heavy atom. The van der Waals surface area contributed by atoms with Crippen LogP contribution in [0.3, 0.4) is 0 Å². The molecule has 0 aromatic heterocycles. The van der Waals surface area contributed by atoms with Crippen LogP contribution in [0.5, 0.6) is 0 Å². The number of hydrogen-bond acceptors (Lipinski definition) is 2. The van der Waals surface area contributed by atoms with Crippen molar-refractivity contribution in [1.29, 1.82) is 0 Å². The smallest absolute Gasteiger partial charge is 0.227 e. The number of rotatable bonds is 6. The second kappa shape index (κ2) is 10.1. The van der Waals surface area contributed by atoms with Crippen molar-refractivity contribution in [2.45, 2.75) is 89.1 Å². The Bertz CT molecular complexity index is 527. The van der Waals surface area contributed by atoms with Gasteiger partial charge in [0.25, 0.3) is 0 Å². The molecule has 0 aliphatic heterocycles. The van der Waals surface area contributed by atoms with Crippen LogP contribution in [0.15, 0.2) is 24.8 Å². The third-order valence-corrected chi connectivity index (χ3v) is 6.70. The van der Waals surface area contributed by atoms with Crippen molar-refractivity contribution in [3.63, 3.8) is 0 Å². The molecule has 0 radical (unpaired) electrons.